The summed E-state index contributed by atoms with van der Waals surface area (Å²) in [5, 5.41) is 0. The summed E-state index contributed by atoms with van der Waals surface area (Å²) in [6.45, 7) is 1.89. The van der Waals surface area contributed by atoms with Gasteiger partial charge in [0.2, 0.25) is 0 Å². The first-order chi connectivity index (χ1) is 7.97. The molecule has 0 aliphatic carbocycles. The minimum Gasteiger partial charge on any atom is -0.243 e. The van der Waals surface area contributed by atoms with E-state index in [9.17, 15) is 13.2 Å². The number of nitrogens with zero attached hydrogens (tertiary/aromatic N) is 1. The zero-order valence-electron chi connectivity index (χ0n) is 9.12. The molecule has 0 saturated heterocycles. The van der Waals surface area contributed by atoms with E-state index in [1.807, 2.05) is 19.1 Å². The van der Waals surface area contributed by atoms with Crippen molar-refractivity contribution in [2.45, 2.75) is 13.1 Å². The van der Waals surface area contributed by atoms with Crippen molar-refractivity contribution in [2.75, 3.05) is 0 Å². The number of rotatable bonds is 1. The van der Waals surface area contributed by atoms with Crippen LogP contribution >= 0.6 is 0 Å². The maximum Gasteiger partial charge on any atom is 0.433 e. The van der Waals surface area contributed by atoms with Gasteiger partial charge in [-0.2, -0.15) is 13.2 Å². The second kappa shape index (κ2) is 4.20. The predicted octanol–water partition coefficient (Wildman–Crippen LogP) is 4.08. The second-order valence-corrected chi connectivity index (χ2v) is 3.78. The standard InChI is InChI=1S/C13H10F3N/c1-9-4-2-5-10(8-9)11-6-3-7-12(17-11)13(14,15)16/h2-8H,1H3. The highest BCUT2D eigenvalue weighted by molar-refractivity contribution is 5.60. The van der Waals surface area contributed by atoms with Gasteiger partial charge in [0.1, 0.15) is 5.69 Å². The monoisotopic (exact) mass is 237 g/mol. The number of aryl methyl sites for hydroxylation is 1. The molecule has 1 aromatic heterocycles. The van der Waals surface area contributed by atoms with E-state index in [-0.39, 0.29) is 0 Å². The minimum atomic E-state index is -4.40. The zero-order valence-corrected chi connectivity index (χ0v) is 9.12. The highest BCUT2D eigenvalue weighted by Crippen LogP contribution is 2.29. The van der Waals surface area contributed by atoms with Crippen LogP contribution in [0.15, 0.2) is 42.5 Å². The molecule has 0 bridgehead atoms. The molecule has 88 valence electrons. The molecule has 0 fully saturated rings. The smallest absolute Gasteiger partial charge is 0.243 e. The second-order valence-electron chi connectivity index (χ2n) is 3.78. The fourth-order valence-corrected chi connectivity index (χ4v) is 1.56. The molecule has 2 rings (SSSR count). The van der Waals surface area contributed by atoms with Crippen LogP contribution in [0.4, 0.5) is 13.2 Å². The van der Waals surface area contributed by atoms with Gasteiger partial charge in [-0.15, -0.1) is 0 Å². The highest BCUT2D eigenvalue weighted by Gasteiger charge is 2.32. The molecule has 0 radical (unpaired) electrons. The Morgan fingerprint density at radius 3 is 2.35 bits per heavy atom. The topological polar surface area (TPSA) is 12.9 Å². The number of aromatic nitrogens is 1. The third-order valence-corrected chi connectivity index (χ3v) is 2.35. The lowest BCUT2D eigenvalue weighted by Crippen LogP contribution is -2.07. The molecule has 0 N–H and O–H groups in total. The van der Waals surface area contributed by atoms with Crippen LogP contribution < -0.4 is 0 Å². The van der Waals surface area contributed by atoms with Crippen molar-refractivity contribution in [3.05, 3.63) is 53.7 Å². The molecule has 0 amide bonds. The average Bonchev–Trinajstić information content (AvgIpc) is 2.28. The van der Waals surface area contributed by atoms with Crippen molar-refractivity contribution in [3.8, 4) is 11.3 Å². The number of pyridine rings is 1. The molecule has 0 aliphatic rings. The van der Waals surface area contributed by atoms with Gasteiger partial charge >= 0.3 is 6.18 Å². The van der Waals surface area contributed by atoms with Crippen LogP contribution in [0.3, 0.4) is 0 Å². The Hall–Kier alpha value is -1.84. The maximum atomic E-state index is 12.5. The summed E-state index contributed by atoms with van der Waals surface area (Å²) in [7, 11) is 0. The van der Waals surface area contributed by atoms with Crippen molar-refractivity contribution >= 4 is 0 Å². The van der Waals surface area contributed by atoms with Crippen molar-refractivity contribution in [1.82, 2.24) is 4.98 Å². The van der Waals surface area contributed by atoms with E-state index in [0.29, 0.717) is 11.3 Å². The van der Waals surface area contributed by atoms with E-state index in [4.69, 9.17) is 0 Å². The maximum absolute atomic E-state index is 12.5. The van der Waals surface area contributed by atoms with Gasteiger partial charge in [-0.3, -0.25) is 0 Å². The molecule has 1 aromatic carbocycles. The van der Waals surface area contributed by atoms with E-state index >= 15 is 0 Å². The minimum absolute atomic E-state index is 0.337. The Morgan fingerprint density at radius 2 is 1.71 bits per heavy atom. The van der Waals surface area contributed by atoms with E-state index in [1.165, 1.54) is 6.07 Å². The van der Waals surface area contributed by atoms with Crippen LogP contribution in [-0.2, 0) is 6.18 Å². The zero-order chi connectivity index (χ0) is 12.5. The SMILES string of the molecule is Cc1cccc(-c2cccc(C(F)(F)F)n2)c1. The van der Waals surface area contributed by atoms with E-state index in [2.05, 4.69) is 4.98 Å². The lowest BCUT2D eigenvalue weighted by molar-refractivity contribution is -0.141. The molecule has 0 spiro atoms. The highest BCUT2D eigenvalue weighted by atomic mass is 19.4. The summed E-state index contributed by atoms with van der Waals surface area (Å²) in [4.78, 5) is 3.63. The largest absolute Gasteiger partial charge is 0.433 e. The van der Waals surface area contributed by atoms with Crippen LogP contribution in [0.2, 0.25) is 0 Å². The molecule has 0 aliphatic heterocycles. The van der Waals surface area contributed by atoms with E-state index in [1.54, 1.807) is 18.2 Å². The van der Waals surface area contributed by atoms with Gasteiger partial charge in [-0.05, 0) is 25.1 Å². The molecule has 0 saturated carbocycles. The van der Waals surface area contributed by atoms with Gasteiger partial charge in [0.15, 0.2) is 0 Å². The Bertz CT molecular complexity index is 532. The average molecular weight is 237 g/mol. The van der Waals surface area contributed by atoms with Crippen molar-refractivity contribution in [1.29, 1.82) is 0 Å². The molecule has 1 heterocycles. The summed E-state index contributed by atoms with van der Waals surface area (Å²) in [6.07, 6.45) is -4.40. The number of alkyl halides is 3. The van der Waals surface area contributed by atoms with E-state index < -0.39 is 11.9 Å². The van der Waals surface area contributed by atoms with Gasteiger partial charge in [0, 0.05) is 5.56 Å². The number of benzene rings is 1. The van der Waals surface area contributed by atoms with E-state index in [0.717, 1.165) is 11.6 Å². The Balaban J connectivity index is 2.47. The van der Waals surface area contributed by atoms with Gasteiger partial charge in [-0.1, -0.05) is 29.8 Å². The Kier molecular flexibility index (Phi) is 2.88. The van der Waals surface area contributed by atoms with Gasteiger partial charge in [0.05, 0.1) is 5.69 Å². The summed E-state index contributed by atoms with van der Waals surface area (Å²) >= 11 is 0. The normalized spacial score (nSPS) is 11.5. The summed E-state index contributed by atoms with van der Waals surface area (Å²) < 4.78 is 37.5. The van der Waals surface area contributed by atoms with Gasteiger partial charge < -0.3 is 0 Å². The predicted molar refractivity (Wildman–Crippen MR) is 59.4 cm³/mol. The molecule has 4 heteroatoms. The van der Waals surface area contributed by atoms with Gasteiger partial charge in [-0.25, -0.2) is 4.98 Å². The van der Waals surface area contributed by atoms with Crippen LogP contribution in [0.1, 0.15) is 11.3 Å². The van der Waals surface area contributed by atoms with Crippen LogP contribution in [0.5, 0.6) is 0 Å². The summed E-state index contributed by atoms with van der Waals surface area (Å²) in [5.41, 5.74) is 1.15. The third-order valence-electron chi connectivity index (χ3n) is 2.35. The summed E-state index contributed by atoms with van der Waals surface area (Å²) in [6, 6.07) is 11.2. The Labute approximate surface area is 96.9 Å². The van der Waals surface area contributed by atoms with Crippen LogP contribution in [-0.4, -0.2) is 4.98 Å². The Morgan fingerprint density at radius 1 is 1.00 bits per heavy atom. The lowest BCUT2D eigenvalue weighted by Gasteiger charge is -2.08. The number of hydrogen-bond acceptors (Lipinski definition) is 1. The van der Waals surface area contributed by atoms with Crippen molar-refractivity contribution < 1.29 is 13.2 Å². The molecule has 0 unspecified atom stereocenters. The molecule has 17 heavy (non-hydrogen) atoms. The van der Waals surface area contributed by atoms with Crippen molar-refractivity contribution in [2.24, 2.45) is 0 Å². The lowest BCUT2D eigenvalue weighted by atomic mass is 10.1. The first-order valence-electron chi connectivity index (χ1n) is 5.08. The first-order valence-corrected chi connectivity index (χ1v) is 5.08. The molecule has 0 atom stereocenters. The molecule has 2 aromatic rings. The molecular weight excluding hydrogens is 227 g/mol. The first kappa shape index (κ1) is 11.6. The number of halogens is 3. The van der Waals surface area contributed by atoms with Gasteiger partial charge in [0.25, 0.3) is 0 Å². The molecule has 1 nitrogen and oxygen atoms in total. The summed E-state index contributed by atoms with van der Waals surface area (Å²) in [5.74, 6) is 0. The quantitative estimate of drug-likeness (QED) is 0.728. The fraction of sp³-hybridized carbons (Fsp3) is 0.154. The molecular formula is C13H10F3N. The van der Waals surface area contributed by atoms with Crippen molar-refractivity contribution in [3.63, 3.8) is 0 Å². The van der Waals surface area contributed by atoms with Crippen LogP contribution in [0, 0.1) is 6.92 Å². The number of hydrogen-bond donors (Lipinski definition) is 0. The van der Waals surface area contributed by atoms with Crippen LogP contribution in [0.25, 0.3) is 11.3 Å². The third kappa shape index (κ3) is 2.64. The fourth-order valence-electron chi connectivity index (χ4n) is 1.56.